The van der Waals surface area contributed by atoms with E-state index in [1.54, 1.807) is 0 Å². The third-order valence-electron chi connectivity index (χ3n) is 1.73. The van der Waals surface area contributed by atoms with Crippen LogP contribution in [0.1, 0.15) is 11.1 Å². The summed E-state index contributed by atoms with van der Waals surface area (Å²) < 4.78 is 1.42. The quantitative estimate of drug-likeness (QED) is 0.628. The Morgan fingerprint density at radius 1 is 0.857 bits per heavy atom. The van der Waals surface area contributed by atoms with Gasteiger partial charge in [-0.3, -0.25) is 0 Å². The van der Waals surface area contributed by atoms with Gasteiger partial charge in [-0.25, -0.2) is 0 Å². The van der Waals surface area contributed by atoms with Crippen molar-refractivity contribution in [2.75, 3.05) is 0 Å². The molecule has 0 amide bonds. The zero-order valence-corrected chi connectivity index (χ0v) is 10.9. The fourth-order valence-corrected chi connectivity index (χ4v) is 1.82. The summed E-state index contributed by atoms with van der Waals surface area (Å²) in [6, 6.07) is 8.18. The van der Waals surface area contributed by atoms with Gasteiger partial charge >= 0.3 is 0 Å². The van der Waals surface area contributed by atoms with Gasteiger partial charge in [0.15, 0.2) is 0 Å². The summed E-state index contributed by atoms with van der Waals surface area (Å²) >= 11 is 18.0. The Morgan fingerprint density at radius 2 is 1.14 bits per heavy atom. The lowest BCUT2D eigenvalue weighted by molar-refractivity contribution is 1.31. The molecule has 74 valence electrons. The second-order valence-electron chi connectivity index (χ2n) is 2.96. The monoisotopic (exact) mass is 258 g/mol. The molecule has 0 unspecified atom stereocenters. The van der Waals surface area contributed by atoms with Gasteiger partial charge in [0.25, 0.3) is 0 Å². The van der Waals surface area contributed by atoms with E-state index in [1.807, 2.05) is 24.3 Å². The third kappa shape index (κ3) is 4.55. The predicted octanol–water partition coefficient (Wildman–Crippen LogP) is 3.29. The first kappa shape index (κ1) is 12.2. The minimum atomic E-state index is 0.711. The van der Waals surface area contributed by atoms with Crippen LogP contribution in [0.2, 0.25) is 0 Å². The van der Waals surface area contributed by atoms with Gasteiger partial charge in [-0.2, -0.15) is 0 Å². The molecule has 0 spiro atoms. The van der Waals surface area contributed by atoms with Crippen LogP contribution in [0, 0.1) is 0 Å². The lowest BCUT2D eigenvalue weighted by Crippen LogP contribution is -1.94. The van der Waals surface area contributed by atoms with Gasteiger partial charge in [-0.05, 0) is 11.1 Å². The summed E-state index contributed by atoms with van der Waals surface area (Å²) in [5.74, 6) is 0. The van der Waals surface area contributed by atoms with Gasteiger partial charge in [0.1, 0.15) is 0 Å². The van der Waals surface area contributed by atoms with E-state index in [-0.39, 0.29) is 0 Å². The summed E-state index contributed by atoms with van der Waals surface area (Å²) in [5, 5.41) is 0. The van der Waals surface area contributed by atoms with Crippen LogP contribution in [-0.2, 0) is 12.8 Å². The highest BCUT2D eigenvalue weighted by atomic mass is 32.1. The Kier molecular flexibility index (Phi) is 5.09. The molecule has 14 heavy (non-hydrogen) atoms. The zero-order chi connectivity index (χ0) is 10.6. The Morgan fingerprint density at radius 3 is 1.36 bits per heavy atom. The molecule has 0 bridgehead atoms. The number of rotatable bonds is 4. The molecule has 0 fully saturated rings. The van der Waals surface area contributed by atoms with Crippen LogP contribution < -0.4 is 0 Å². The van der Waals surface area contributed by atoms with Crippen LogP contribution >= 0.6 is 49.7 Å². The molecular formula is C10H10S4. The Bertz CT molecular complexity index is 305. The molecule has 0 radical (unpaired) electrons. The molecule has 4 heteroatoms. The molecular weight excluding hydrogens is 248 g/mol. The highest BCUT2D eigenvalue weighted by Crippen LogP contribution is 2.09. The number of thiol groups is 2. The molecule has 0 atom stereocenters. The maximum atomic E-state index is 4.91. The second-order valence-corrected chi connectivity index (χ2v) is 5.63. The lowest BCUT2D eigenvalue weighted by Gasteiger charge is -2.01. The first-order valence-electron chi connectivity index (χ1n) is 4.09. The lowest BCUT2D eigenvalue weighted by atomic mass is 10.1. The Hall–Kier alpha value is 0.1000. The van der Waals surface area contributed by atoms with Crippen molar-refractivity contribution < 1.29 is 0 Å². The molecule has 0 aliphatic heterocycles. The van der Waals surface area contributed by atoms with Gasteiger partial charge in [0.05, 0.1) is 0 Å². The van der Waals surface area contributed by atoms with Crippen molar-refractivity contribution in [2.45, 2.75) is 12.8 Å². The van der Waals surface area contributed by atoms with Crippen LogP contribution in [0.3, 0.4) is 0 Å². The van der Waals surface area contributed by atoms with Crippen molar-refractivity contribution >= 4 is 58.1 Å². The fraction of sp³-hybridized carbons (Fsp3) is 0.200. The van der Waals surface area contributed by atoms with Crippen molar-refractivity contribution in [3.8, 4) is 0 Å². The molecule has 0 nitrogen and oxygen atoms in total. The average molecular weight is 258 g/mol. The standard InChI is InChI=1S/C10H10S4/c11-9(12)5-7-1-2-8(4-3-7)6-10(13)14/h1-4H,5-6H2,(H,11,12)(H,13,14). The highest BCUT2D eigenvalue weighted by molar-refractivity contribution is 8.11. The summed E-state index contributed by atoms with van der Waals surface area (Å²) in [4.78, 5) is 0. The van der Waals surface area contributed by atoms with Crippen LogP contribution in [0.5, 0.6) is 0 Å². The molecule has 0 heterocycles. The van der Waals surface area contributed by atoms with Crippen LogP contribution in [0.25, 0.3) is 0 Å². The van der Waals surface area contributed by atoms with Crippen LogP contribution in [0.4, 0.5) is 0 Å². The summed E-state index contributed by atoms with van der Waals surface area (Å²) in [6.07, 6.45) is 1.48. The summed E-state index contributed by atoms with van der Waals surface area (Å²) in [7, 11) is 0. The van der Waals surface area contributed by atoms with Gasteiger partial charge in [-0.15, -0.1) is 25.3 Å². The molecule has 1 rings (SSSR count). The van der Waals surface area contributed by atoms with Gasteiger partial charge in [0, 0.05) is 21.2 Å². The molecule has 0 saturated carbocycles. The molecule has 0 aliphatic carbocycles. The molecule has 1 aromatic carbocycles. The minimum absolute atomic E-state index is 0.711. The Labute approximate surface area is 106 Å². The van der Waals surface area contributed by atoms with Crippen molar-refractivity contribution in [2.24, 2.45) is 0 Å². The summed E-state index contributed by atoms with van der Waals surface area (Å²) in [5.41, 5.74) is 2.36. The van der Waals surface area contributed by atoms with E-state index < -0.39 is 0 Å². The van der Waals surface area contributed by atoms with E-state index in [4.69, 9.17) is 24.4 Å². The molecule has 0 saturated heterocycles. The number of benzene rings is 1. The number of thiocarbonyl (C=S) groups is 2. The normalized spacial score (nSPS) is 9.86. The number of hydrogen-bond donors (Lipinski definition) is 2. The smallest absolute Gasteiger partial charge is 0.0491 e. The average Bonchev–Trinajstić information content (AvgIpc) is 2.06. The summed E-state index contributed by atoms with van der Waals surface area (Å²) in [6.45, 7) is 0. The SMILES string of the molecule is S=C(S)Cc1ccc(CC(=S)S)cc1. The first-order chi connectivity index (χ1) is 6.58. The third-order valence-corrected chi connectivity index (χ3v) is 2.34. The number of hydrogen-bond acceptors (Lipinski definition) is 2. The van der Waals surface area contributed by atoms with E-state index in [0.29, 0.717) is 8.39 Å². The van der Waals surface area contributed by atoms with E-state index in [2.05, 4.69) is 25.3 Å². The van der Waals surface area contributed by atoms with Gasteiger partial charge < -0.3 is 0 Å². The molecule has 0 aliphatic rings. The predicted molar refractivity (Wildman–Crippen MR) is 77.0 cm³/mol. The van der Waals surface area contributed by atoms with E-state index >= 15 is 0 Å². The Balaban J connectivity index is 2.68. The molecule has 0 N–H and O–H groups in total. The van der Waals surface area contributed by atoms with Crippen molar-refractivity contribution in [1.29, 1.82) is 0 Å². The van der Waals surface area contributed by atoms with E-state index in [0.717, 1.165) is 12.8 Å². The van der Waals surface area contributed by atoms with Gasteiger partial charge in [0.2, 0.25) is 0 Å². The zero-order valence-electron chi connectivity index (χ0n) is 7.43. The topological polar surface area (TPSA) is 0 Å². The van der Waals surface area contributed by atoms with Crippen molar-refractivity contribution in [1.82, 2.24) is 0 Å². The van der Waals surface area contributed by atoms with Crippen molar-refractivity contribution in [3.05, 3.63) is 35.4 Å². The fourth-order valence-electron chi connectivity index (χ4n) is 1.12. The molecule has 0 aromatic heterocycles. The first-order valence-corrected chi connectivity index (χ1v) is 5.80. The second kappa shape index (κ2) is 5.85. The molecule has 1 aromatic rings. The maximum Gasteiger partial charge on any atom is 0.0491 e. The van der Waals surface area contributed by atoms with E-state index in [1.165, 1.54) is 11.1 Å². The largest absolute Gasteiger partial charge is 0.136 e. The maximum absolute atomic E-state index is 4.91. The van der Waals surface area contributed by atoms with Crippen molar-refractivity contribution in [3.63, 3.8) is 0 Å². The van der Waals surface area contributed by atoms with Crippen LogP contribution in [-0.4, -0.2) is 8.39 Å². The highest BCUT2D eigenvalue weighted by Gasteiger charge is 1.97. The minimum Gasteiger partial charge on any atom is -0.136 e. The van der Waals surface area contributed by atoms with Crippen LogP contribution in [0.15, 0.2) is 24.3 Å². The van der Waals surface area contributed by atoms with Gasteiger partial charge in [-0.1, -0.05) is 48.7 Å². The van der Waals surface area contributed by atoms with E-state index in [9.17, 15) is 0 Å².